The molecule has 0 aliphatic heterocycles. The summed E-state index contributed by atoms with van der Waals surface area (Å²) < 4.78 is 0. The van der Waals surface area contributed by atoms with Gasteiger partial charge in [0.05, 0.1) is 12.6 Å². The van der Waals surface area contributed by atoms with E-state index in [1.165, 1.54) is 0 Å². The van der Waals surface area contributed by atoms with Crippen molar-refractivity contribution in [2.24, 2.45) is 17.2 Å². The highest BCUT2D eigenvalue weighted by molar-refractivity contribution is 5.79. The SMILES string of the molecule is NC(=O)[C@@H](N)Cc1ccccc1.NCC(=O)O. The average molecular weight is 239 g/mol. The molecule has 0 aromatic heterocycles. The normalized spacial score (nSPS) is 10.9. The number of benzene rings is 1. The van der Waals surface area contributed by atoms with Crippen LogP contribution in [0.2, 0.25) is 0 Å². The van der Waals surface area contributed by atoms with Crippen molar-refractivity contribution in [3.8, 4) is 0 Å². The minimum Gasteiger partial charge on any atom is -0.480 e. The van der Waals surface area contributed by atoms with Gasteiger partial charge in [-0.1, -0.05) is 30.3 Å². The van der Waals surface area contributed by atoms with Crippen molar-refractivity contribution < 1.29 is 14.7 Å². The summed E-state index contributed by atoms with van der Waals surface area (Å²) >= 11 is 0. The van der Waals surface area contributed by atoms with E-state index in [-0.39, 0.29) is 6.54 Å². The van der Waals surface area contributed by atoms with Crippen LogP contribution in [-0.4, -0.2) is 29.6 Å². The second-order valence-corrected chi connectivity index (χ2v) is 3.30. The molecule has 17 heavy (non-hydrogen) atoms. The topological polar surface area (TPSA) is 132 Å². The number of amides is 1. The van der Waals surface area contributed by atoms with Crippen LogP contribution >= 0.6 is 0 Å². The van der Waals surface area contributed by atoms with Crippen molar-refractivity contribution in [3.05, 3.63) is 35.9 Å². The van der Waals surface area contributed by atoms with Crippen molar-refractivity contribution in [3.63, 3.8) is 0 Å². The Kier molecular flexibility index (Phi) is 7.32. The summed E-state index contributed by atoms with van der Waals surface area (Å²) in [5.41, 5.74) is 16.1. The minimum atomic E-state index is -0.968. The number of aliphatic carboxylic acids is 1. The maximum Gasteiger partial charge on any atom is 0.317 e. The first-order chi connectivity index (χ1) is 7.97. The largest absolute Gasteiger partial charge is 0.480 e. The first kappa shape index (κ1) is 15.1. The molecule has 0 aliphatic carbocycles. The Morgan fingerprint density at radius 1 is 1.24 bits per heavy atom. The van der Waals surface area contributed by atoms with Gasteiger partial charge in [0.1, 0.15) is 0 Å². The van der Waals surface area contributed by atoms with Gasteiger partial charge in [-0.2, -0.15) is 0 Å². The van der Waals surface area contributed by atoms with E-state index in [0.717, 1.165) is 5.56 Å². The Labute approximate surface area is 99.4 Å². The molecule has 0 radical (unpaired) electrons. The van der Waals surface area contributed by atoms with Crippen LogP contribution in [0.3, 0.4) is 0 Å². The van der Waals surface area contributed by atoms with Crippen LogP contribution in [0.1, 0.15) is 5.56 Å². The quantitative estimate of drug-likeness (QED) is 0.539. The number of rotatable bonds is 4. The van der Waals surface area contributed by atoms with E-state index in [0.29, 0.717) is 6.42 Å². The van der Waals surface area contributed by atoms with Gasteiger partial charge in [0.15, 0.2) is 0 Å². The Hall–Kier alpha value is -1.92. The number of hydrogen-bond donors (Lipinski definition) is 4. The molecule has 1 aromatic carbocycles. The van der Waals surface area contributed by atoms with Crippen molar-refractivity contribution in [2.45, 2.75) is 12.5 Å². The summed E-state index contributed by atoms with van der Waals surface area (Å²) in [6.45, 7) is -0.278. The molecule has 0 saturated heterocycles. The number of carboxylic acids is 1. The van der Waals surface area contributed by atoms with Crippen molar-refractivity contribution in [1.29, 1.82) is 0 Å². The van der Waals surface area contributed by atoms with Gasteiger partial charge < -0.3 is 22.3 Å². The maximum absolute atomic E-state index is 10.6. The number of carbonyl (C=O) groups is 2. The Morgan fingerprint density at radius 2 is 1.71 bits per heavy atom. The third-order valence-corrected chi connectivity index (χ3v) is 1.84. The van der Waals surface area contributed by atoms with E-state index >= 15 is 0 Å². The van der Waals surface area contributed by atoms with Gasteiger partial charge in [-0.25, -0.2) is 0 Å². The highest BCUT2D eigenvalue weighted by atomic mass is 16.4. The fourth-order valence-electron chi connectivity index (χ4n) is 0.969. The molecule has 6 heteroatoms. The summed E-state index contributed by atoms with van der Waals surface area (Å²) in [4.78, 5) is 19.8. The summed E-state index contributed by atoms with van der Waals surface area (Å²) in [6, 6.07) is 8.99. The predicted molar refractivity (Wildman–Crippen MR) is 64.0 cm³/mol. The zero-order valence-corrected chi connectivity index (χ0v) is 9.37. The second-order valence-electron chi connectivity index (χ2n) is 3.30. The Morgan fingerprint density at radius 3 is 2.06 bits per heavy atom. The molecule has 1 rings (SSSR count). The summed E-state index contributed by atoms with van der Waals surface area (Å²) in [7, 11) is 0. The average Bonchev–Trinajstić information content (AvgIpc) is 2.31. The fourth-order valence-corrected chi connectivity index (χ4v) is 0.969. The summed E-state index contributed by atoms with van der Waals surface area (Å²) in [6.07, 6.45) is 0.510. The summed E-state index contributed by atoms with van der Waals surface area (Å²) in [5, 5.41) is 7.60. The number of primary amides is 1. The fraction of sp³-hybridized carbons (Fsp3) is 0.273. The zero-order chi connectivity index (χ0) is 13.3. The van der Waals surface area contributed by atoms with Gasteiger partial charge in [-0.15, -0.1) is 0 Å². The van der Waals surface area contributed by atoms with E-state index in [2.05, 4.69) is 5.73 Å². The van der Waals surface area contributed by atoms with Gasteiger partial charge in [0.25, 0.3) is 0 Å². The van der Waals surface area contributed by atoms with Crippen LogP contribution < -0.4 is 17.2 Å². The molecule has 94 valence electrons. The molecule has 1 aromatic rings. The molecule has 0 aliphatic rings. The smallest absolute Gasteiger partial charge is 0.317 e. The van der Waals surface area contributed by atoms with Crippen LogP contribution in [-0.2, 0) is 16.0 Å². The van der Waals surface area contributed by atoms with Crippen molar-refractivity contribution in [2.75, 3.05) is 6.54 Å². The van der Waals surface area contributed by atoms with Crippen molar-refractivity contribution >= 4 is 11.9 Å². The highest BCUT2D eigenvalue weighted by Gasteiger charge is 2.08. The maximum atomic E-state index is 10.6. The van der Waals surface area contributed by atoms with Crippen LogP contribution in [0, 0.1) is 0 Å². The molecule has 0 bridgehead atoms. The molecule has 0 fully saturated rings. The zero-order valence-electron chi connectivity index (χ0n) is 9.37. The van der Waals surface area contributed by atoms with E-state index in [1.54, 1.807) is 0 Å². The monoisotopic (exact) mass is 239 g/mol. The number of hydrogen-bond acceptors (Lipinski definition) is 4. The highest BCUT2D eigenvalue weighted by Crippen LogP contribution is 2.00. The third-order valence-electron chi connectivity index (χ3n) is 1.84. The first-order valence-corrected chi connectivity index (χ1v) is 4.98. The molecule has 1 amide bonds. The van der Waals surface area contributed by atoms with E-state index in [1.807, 2.05) is 30.3 Å². The number of nitrogens with two attached hydrogens (primary N) is 3. The molecule has 7 N–H and O–H groups in total. The lowest BCUT2D eigenvalue weighted by Crippen LogP contribution is -2.38. The summed E-state index contributed by atoms with van der Waals surface area (Å²) in [5.74, 6) is -1.43. The van der Waals surface area contributed by atoms with E-state index < -0.39 is 17.9 Å². The molecule has 6 nitrogen and oxygen atoms in total. The third kappa shape index (κ3) is 7.95. The van der Waals surface area contributed by atoms with Gasteiger partial charge >= 0.3 is 5.97 Å². The van der Waals surface area contributed by atoms with E-state index in [4.69, 9.17) is 16.6 Å². The Bertz CT molecular complexity index is 354. The molecular weight excluding hydrogens is 222 g/mol. The van der Waals surface area contributed by atoms with E-state index in [9.17, 15) is 9.59 Å². The van der Waals surface area contributed by atoms with Gasteiger partial charge in [0.2, 0.25) is 5.91 Å². The van der Waals surface area contributed by atoms with Gasteiger partial charge in [-0.05, 0) is 12.0 Å². The predicted octanol–water partition coefficient (Wildman–Crippen LogP) is -0.929. The van der Waals surface area contributed by atoms with Gasteiger partial charge in [0, 0.05) is 0 Å². The lowest BCUT2D eigenvalue weighted by molar-refractivity contribution is -0.135. The van der Waals surface area contributed by atoms with Crippen LogP contribution in [0.15, 0.2) is 30.3 Å². The van der Waals surface area contributed by atoms with Crippen LogP contribution in [0.5, 0.6) is 0 Å². The number of carboxylic acid groups (broad SMARTS) is 1. The van der Waals surface area contributed by atoms with Crippen LogP contribution in [0.4, 0.5) is 0 Å². The van der Waals surface area contributed by atoms with Crippen LogP contribution in [0.25, 0.3) is 0 Å². The van der Waals surface area contributed by atoms with Crippen molar-refractivity contribution in [1.82, 2.24) is 0 Å². The van der Waals surface area contributed by atoms with Gasteiger partial charge in [-0.3, -0.25) is 9.59 Å². The molecule has 0 spiro atoms. The lowest BCUT2D eigenvalue weighted by Gasteiger charge is -2.06. The Balaban J connectivity index is 0.000000437. The molecule has 1 atom stereocenters. The first-order valence-electron chi connectivity index (χ1n) is 4.98. The number of carbonyl (C=O) groups excluding carboxylic acids is 1. The molecule has 0 saturated carbocycles. The molecular formula is C11H17N3O3. The standard InChI is InChI=1S/C9H12N2O.C2H5NO2/c10-8(9(11)12)6-7-4-2-1-3-5-7;3-1-2(4)5/h1-5,8H,6,10H2,(H2,11,12);1,3H2,(H,4,5)/t8-;/m0./s1. The second kappa shape index (κ2) is 8.26. The molecule has 0 unspecified atom stereocenters. The molecule has 0 heterocycles. The minimum absolute atomic E-state index is 0.278. The lowest BCUT2D eigenvalue weighted by atomic mass is 10.1.